The fourth-order valence-corrected chi connectivity index (χ4v) is 9.51. The van der Waals surface area contributed by atoms with Crippen LogP contribution in [0.3, 0.4) is 0 Å². The van der Waals surface area contributed by atoms with Crippen LogP contribution in [0.5, 0.6) is 0 Å². The Morgan fingerprint density at radius 2 is 0.811 bits per heavy atom. The van der Waals surface area contributed by atoms with Gasteiger partial charge in [-0.15, -0.1) is 0 Å². The van der Waals surface area contributed by atoms with Crippen LogP contribution in [0.1, 0.15) is 25.0 Å². The summed E-state index contributed by atoms with van der Waals surface area (Å²) in [6.07, 6.45) is 0. The van der Waals surface area contributed by atoms with Crippen LogP contribution in [0.15, 0.2) is 182 Å². The van der Waals surface area contributed by atoms with E-state index < -0.39 is 0 Å². The lowest BCUT2D eigenvalue weighted by atomic mass is 9.78. The summed E-state index contributed by atoms with van der Waals surface area (Å²) in [5.74, 6) is 0. The lowest BCUT2D eigenvalue weighted by molar-refractivity contribution is 0.661. The molecule has 0 spiro atoms. The highest BCUT2D eigenvalue weighted by Gasteiger charge is 2.37. The van der Waals surface area contributed by atoms with Gasteiger partial charge in [-0.25, -0.2) is 0 Å². The molecule has 0 heterocycles. The Hall–Kier alpha value is -6.50. The van der Waals surface area contributed by atoms with Crippen molar-refractivity contribution >= 4 is 53.9 Å². The van der Waals surface area contributed by atoms with Gasteiger partial charge in [-0.05, 0) is 128 Å². The first-order chi connectivity index (χ1) is 26.1. The van der Waals surface area contributed by atoms with Crippen molar-refractivity contribution in [2.45, 2.75) is 19.3 Å². The average Bonchev–Trinajstić information content (AvgIpc) is 3.45. The van der Waals surface area contributed by atoms with E-state index in [1.54, 1.807) is 0 Å². The van der Waals surface area contributed by atoms with E-state index in [-0.39, 0.29) is 5.41 Å². The maximum absolute atomic E-state index is 2.54. The van der Waals surface area contributed by atoms with Crippen molar-refractivity contribution in [3.8, 4) is 44.5 Å². The molecule has 0 unspecified atom stereocenters. The van der Waals surface area contributed by atoms with Crippen molar-refractivity contribution in [3.63, 3.8) is 0 Å². The molecule has 0 saturated carbocycles. The summed E-state index contributed by atoms with van der Waals surface area (Å²) in [6, 6.07) is 68.0. The first-order valence-electron chi connectivity index (χ1n) is 18.7. The Balaban J connectivity index is 1.31. The zero-order valence-electron chi connectivity index (χ0n) is 29.8. The summed E-state index contributed by atoms with van der Waals surface area (Å²) >= 11 is 0. The maximum atomic E-state index is 2.54. The van der Waals surface area contributed by atoms with Crippen LogP contribution in [0.25, 0.3) is 98.4 Å². The highest BCUT2D eigenvalue weighted by molar-refractivity contribution is 6.26. The molecule has 53 heavy (non-hydrogen) atoms. The third kappa shape index (κ3) is 4.36. The van der Waals surface area contributed by atoms with E-state index in [0.717, 1.165) is 0 Å². The molecule has 1 aliphatic carbocycles. The first kappa shape index (κ1) is 30.2. The molecule has 0 N–H and O–H groups in total. The van der Waals surface area contributed by atoms with Crippen LogP contribution < -0.4 is 0 Å². The van der Waals surface area contributed by atoms with Gasteiger partial charge in [0, 0.05) is 5.41 Å². The second kappa shape index (κ2) is 11.2. The minimum atomic E-state index is -0.129. The van der Waals surface area contributed by atoms with E-state index in [1.807, 2.05) is 0 Å². The van der Waals surface area contributed by atoms with Gasteiger partial charge in [-0.2, -0.15) is 0 Å². The van der Waals surface area contributed by atoms with Crippen LogP contribution in [0, 0.1) is 0 Å². The second-order valence-corrected chi connectivity index (χ2v) is 15.2. The number of rotatable bonds is 3. The van der Waals surface area contributed by atoms with E-state index in [1.165, 1.54) is 109 Å². The molecule has 0 nitrogen and oxygen atoms in total. The van der Waals surface area contributed by atoms with Crippen molar-refractivity contribution in [1.29, 1.82) is 0 Å². The topological polar surface area (TPSA) is 0 Å². The van der Waals surface area contributed by atoms with E-state index in [4.69, 9.17) is 0 Å². The number of benzene rings is 10. The lowest BCUT2D eigenvalue weighted by Crippen LogP contribution is -2.15. The molecule has 0 amide bonds. The molecule has 0 aliphatic heterocycles. The average molecular weight is 673 g/mol. The molecule has 11 rings (SSSR count). The molecule has 0 atom stereocenters. The zero-order chi connectivity index (χ0) is 35.3. The number of hydrogen-bond acceptors (Lipinski definition) is 0. The fraction of sp³-hybridized carbons (Fsp3) is 0.0566. The Labute approximate surface area is 309 Å². The second-order valence-electron chi connectivity index (χ2n) is 15.2. The summed E-state index contributed by atoms with van der Waals surface area (Å²) in [7, 11) is 0. The van der Waals surface area contributed by atoms with Gasteiger partial charge in [0.05, 0.1) is 0 Å². The van der Waals surface area contributed by atoms with Gasteiger partial charge in [0.25, 0.3) is 0 Å². The van der Waals surface area contributed by atoms with E-state index in [9.17, 15) is 0 Å². The molecule has 0 fully saturated rings. The zero-order valence-corrected chi connectivity index (χ0v) is 29.8. The minimum Gasteiger partial charge on any atom is -0.0619 e. The molecular formula is C53H36. The van der Waals surface area contributed by atoms with Crippen LogP contribution >= 0.6 is 0 Å². The number of fused-ring (bicyclic) bond motifs is 9. The monoisotopic (exact) mass is 672 g/mol. The molecule has 10 aromatic rings. The van der Waals surface area contributed by atoms with E-state index >= 15 is 0 Å². The molecule has 0 bridgehead atoms. The maximum Gasteiger partial charge on any atom is 0.0159 e. The molecule has 0 saturated heterocycles. The van der Waals surface area contributed by atoms with Crippen molar-refractivity contribution in [3.05, 3.63) is 193 Å². The molecule has 0 aromatic heterocycles. The first-order valence-corrected chi connectivity index (χ1v) is 18.7. The summed E-state index contributed by atoms with van der Waals surface area (Å²) in [6.45, 7) is 4.79. The molecular weight excluding hydrogens is 637 g/mol. The smallest absolute Gasteiger partial charge is 0.0159 e. The Bertz CT molecular complexity index is 3130. The molecule has 10 aromatic carbocycles. The van der Waals surface area contributed by atoms with Gasteiger partial charge in [0.1, 0.15) is 0 Å². The Kier molecular flexibility index (Phi) is 6.40. The summed E-state index contributed by atoms with van der Waals surface area (Å²) in [5, 5.41) is 12.7. The largest absolute Gasteiger partial charge is 0.0619 e. The molecule has 248 valence electrons. The van der Waals surface area contributed by atoms with Crippen LogP contribution in [0.2, 0.25) is 0 Å². The third-order valence-electron chi connectivity index (χ3n) is 12.0. The van der Waals surface area contributed by atoms with E-state index in [2.05, 4.69) is 196 Å². The Morgan fingerprint density at radius 1 is 0.283 bits per heavy atom. The Morgan fingerprint density at radius 3 is 1.60 bits per heavy atom. The predicted octanol–water partition coefficient (Wildman–Crippen LogP) is 14.8. The standard InChI is InChI=1S/C53H36/c1-53(2)48-25-12-11-23-45(48)52-41-20-8-7-19-39(41)47(32-49(52)53)51-43-22-10-9-21-42(43)50(40-24-13-17-34-15-5-6-18-38(34)40)44-29-28-37(31-46(44)51)36-27-26-33-14-3-4-16-35(33)30-36/h3-32H,1-2H3. The van der Waals surface area contributed by atoms with Crippen molar-refractivity contribution in [2.75, 3.05) is 0 Å². The SMILES string of the molecule is CC1(C)c2ccccc2-c2c1cc(-c1c3ccccc3c(-c3cccc4ccccc34)c3ccc(-c4ccc5ccccc5c4)cc13)c1ccccc21. The molecule has 0 heteroatoms. The van der Waals surface area contributed by atoms with Gasteiger partial charge < -0.3 is 0 Å². The van der Waals surface area contributed by atoms with Gasteiger partial charge in [0.2, 0.25) is 0 Å². The lowest BCUT2D eigenvalue weighted by Gasteiger charge is -2.24. The highest BCUT2D eigenvalue weighted by Crippen LogP contribution is 2.55. The van der Waals surface area contributed by atoms with Gasteiger partial charge in [-0.1, -0.05) is 178 Å². The summed E-state index contributed by atoms with van der Waals surface area (Å²) in [5.41, 5.74) is 13.0. The quantitative estimate of drug-likeness (QED) is 0.164. The van der Waals surface area contributed by atoms with E-state index in [0.29, 0.717) is 0 Å². The minimum absolute atomic E-state index is 0.129. The van der Waals surface area contributed by atoms with Gasteiger partial charge in [-0.3, -0.25) is 0 Å². The predicted molar refractivity (Wildman–Crippen MR) is 228 cm³/mol. The normalized spacial score (nSPS) is 13.2. The van der Waals surface area contributed by atoms with Crippen LogP contribution in [-0.2, 0) is 5.41 Å². The number of hydrogen-bond donors (Lipinski definition) is 0. The van der Waals surface area contributed by atoms with Gasteiger partial charge >= 0.3 is 0 Å². The van der Waals surface area contributed by atoms with Crippen molar-refractivity contribution < 1.29 is 0 Å². The van der Waals surface area contributed by atoms with Crippen molar-refractivity contribution in [2.24, 2.45) is 0 Å². The van der Waals surface area contributed by atoms with Crippen LogP contribution in [-0.4, -0.2) is 0 Å². The highest BCUT2D eigenvalue weighted by atomic mass is 14.4. The fourth-order valence-electron chi connectivity index (χ4n) is 9.51. The van der Waals surface area contributed by atoms with Crippen molar-refractivity contribution in [1.82, 2.24) is 0 Å². The van der Waals surface area contributed by atoms with Crippen LogP contribution in [0.4, 0.5) is 0 Å². The van der Waals surface area contributed by atoms with Gasteiger partial charge in [0.15, 0.2) is 0 Å². The molecule has 1 aliphatic rings. The third-order valence-corrected chi connectivity index (χ3v) is 12.0. The molecule has 0 radical (unpaired) electrons. The summed E-state index contributed by atoms with van der Waals surface area (Å²) in [4.78, 5) is 0. The summed E-state index contributed by atoms with van der Waals surface area (Å²) < 4.78 is 0.